The molecule has 0 bridgehead atoms. The molecule has 0 heterocycles. The number of benzene rings is 3. The molecule has 1 atom stereocenters. The number of hydrogen-bond acceptors (Lipinski definition) is 4. The number of nitrogens with zero attached hydrogens (tertiary/aromatic N) is 1. The lowest BCUT2D eigenvalue weighted by Gasteiger charge is -2.30. The molecule has 1 unspecified atom stereocenters. The van der Waals surface area contributed by atoms with Gasteiger partial charge in [0.15, 0.2) is 0 Å². The van der Waals surface area contributed by atoms with Crippen molar-refractivity contribution in [3.8, 4) is 0 Å². The molecule has 0 saturated heterocycles. The number of esters is 1. The number of amides is 2. The van der Waals surface area contributed by atoms with Crippen molar-refractivity contribution in [3.05, 3.63) is 90.0 Å². The Morgan fingerprint density at radius 2 is 1.69 bits per heavy atom. The van der Waals surface area contributed by atoms with Crippen molar-refractivity contribution >= 4 is 29.4 Å². The molecule has 3 aromatic rings. The maximum atomic E-state index is 13.2. The average Bonchev–Trinajstić information content (AvgIpc) is 2.86. The first-order valence-electron chi connectivity index (χ1n) is 12.1. The molecule has 0 radical (unpaired) electrons. The topological polar surface area (TPSA) is 58.6 Å². The predicted octanol–water partition coefficient (Wildman–Crippen LogP) is 7.34. The molecule has 35 heavy (non-hydrogen) atoms. The summed E-state index contributed by atoms with van der Waals surface area (Å²) in [5.41, 5.74) is 2.81. The minimum atomic E-state index is -0.217. The number of urea groups is 1. The van der Waals surface area contributed by atoms with Crippen LogP contribution in [0.2, 0.25) is 0 Å². The van der Waals surface area contributed by atoms with Gasteiger partial charge in [0, 0.05) is 22.0 Å². The van der Waals surface area contributed by atoms with E-state index < -0.39 is 0 Å². The smallest absolute Gasteiger partial charge is 0.322 e. The van der Waals surface area contributed by atoms with Crippen LogP contribution in [0, 0.1) is 0 Å². The van der Waals surface area contributed by atoms with Crippen LogP contribution < -0.4 is 5.32 Å². The molecule has 0 fully saturated rings. The Balaban J connectivity index is 1.66. The number of carbonyl (C=O) groups excluding carboxylic acids is 2. The van der Waals surface area contributed by atoms with E-state index >= 15 is 0 Å². The third-order valence-electron chi connectivity index (χ3n) is 5.66. The molecule has 0 spiro atoms. The third kappa shape index (κ3) is 8.18. The molecule has 2 amide bonds. The Morgan fingerprint density at radius 3 is 2.37 bits per heavy atom. The SMILES string of the molecule is CCCCN(C(=O)Nc1cccc(Sc2ccc(CC(=O)OCC)cc2)c1)C(C)c1ccccc1. The second-order valence-corrected chi connectivity index (χ2v) is 9.47. The van der Waals surface area contributed by atoms with Gasteiger partial charge in [-0.15, -0.1) is 0 Å². The van der Waals surface area contributed by atoms with Crippen molar-refractivity contribution in [1.82, 2.24) is 4.90 Å². The van der Waals surface area contributed by atoms with Gasteiger partial charge in [-0.3, -0.25) is 4.79 Å². The summed E-state index contributed by atoms with van der Waals surface area (Å²) in [5.74, 6) is -0.217. The Labute approximate surface area is 212 Å². The van der Waals surface area contributed by atoms with Crippen molar-refractivity contribution in [3.63, 3.8) is 0 Å². The third-order valence-corrected chi connectivity index (χ3v) is 6.66. The first-order valence-corrected chi connectivity index (χ1v) is 13.0. The van der Waals surface area contributed by atoms with Gasteiger partial charge in [-0.1, -0.05) is 73.6 Å². The fraction of sp³-hybridized carbons (Fsp3) is 0.310. The van der Waals surface area contributed by atoms with E-state index in [1.807, 2.05) is 71.6 Å². The van der Waals surface area contributed by atoms with Crippen molar-refractivity contribution in [2.75, 3.05) is 18.5 Å². The summed E-state index contributed by atoms with van der Waals surface area (Å²) in [6.45, 7) is 7.10. The van der Waals surface area contributed by atoms with Gasteiger partial charge in [-0.05, 0) is 61.7 Å². The minimum Gasteiger partial charge on any atom is -0.466 e. The first kappa shape index (κ1) is 26.4. The van der Waals surface area contributed by atoms with E-state index in [0.29, 0.717) is 13.2 Å². The van der Waals surface area contributed by atoms with E-state index in [0.717, 1.165) is 39.4 Å². The molecule has 184 valence electrons. The highest BCUT2D eigenvalue weighted by molar-refractivity contribution is 7.99. The molecule has 0 saturated carbocycles. The highest BCUT2D eigenvalue weighted by Crippen LogP contribution is 2.30. The largest absolute Gasteiger partial charge is 0.466 e. The van der Waals surface area contributed by atoms with Gasteiger partial charge in [-0.25, -0.2) is 4.79 Å². The molecule has 0 aliphatic carbocycles. The fourth-order valence-electron chi connectivity index (χ4n) is 3.73. The predicted molar refractivity (Wildman–Crippen MR) is 143 cm³/mol. The standard InChI is InChI=1S/C29H34N2O3S/c1-4-6-19-31(22(3)24-11-8-7-9-12-24)29(33)30-25-13-10-14-27(21-25)35-26-17-15-23(16-18-26)20-28(32)34-5-2/h7-18,21-22H,4-6,19-20H2,1-3H3,(H,30,33). The average molecular weight is 491 g/mol. The van der Waals surface area contributed by atoms with E-state index in [-0.39, 0.29) is 24.5 Å². The molecule has 6 heteroatoms. The fourth-order valence-corrected chi connectivity index (χ4v) is 4.61. The van der Waals surface area contributed by atoms with E-state index in [9.17, 15) is 9.59 Å². The zero-order valence-electron chi connectivity index (χ0n) is 20.7. The van der Waals surface area contributed by atoms with E-state index in [1.165, 1.54) is 0 Å². The van der Waals surface area contributed by atoms with Crippen LogP contribution in [-0.4, -0.2) is 30.1 Å². The van der Waals surface area contributed by atoms with E-state index in [4.69, 9.17) is 4.74 Å². The Kier molecular flexibility index (Phi) is 10.2. The number of nitrogens with one attached hydrogen (secondary N) is 1. The summed E-state index contributed by atoms with van der Waals surface area (Å²) in [5, 5.41) is 3.09. The molecule has 3 rings (SSSR count). The van der Waals surface area contributed by atoms with Crippen LogP contribution in [0.3, 0.4) is 0 Å². The summed E-state index contributed by atoms with van der Waals surface area (Å²) in [6.07, 6.45) is 2.25. The number of rotatable bonds is 11. The van der Waals surface area contributed by atoms with Crippen LogP contribution >= 0.6 is 11.8 Å². The molecule has 0 aromatic heterocycles. The molecule has 5 nitrogen and oxygen atoms in total. The lowest BCUT2D eigenvalue weighted by Crippen LogP contribution is -2.37. The number of carbonyl (C=O) groups is 2. The highest BCUT2D eigenvalue weighted by atomic mass is 32.2. The van der Waals surface area contributed by atoms with Gasteiger partial charge >= 0.3 is 12.0 Å². The van der Waals surface area contributed by atoms with Gasteiger partial charge in [0.05, 0.1) is 19.1 Å². The van der Waals surface area contributed by atoms with Gasteiger partial charge in [-0.2, -0.15) is 0 Å². The minimum absolute atomic E-state index is 0.0200. The van der Waals surface area contributed by atoms with Gasteiger partial charge in [0.25, 0.3) is 0 Å². The molecule has 3 aromatic carbocycles. The molecular formula is C29H34N2O3S. The van der Waals surface area contributed by atoms with Crippen LogP contribution in [-0.2, 0) is 16.0 Å². The lowest BCUT2D eigenvalue weighted by molar-refractivity contribution is -0.142. The normalized spacial score (nSPS) is 11.5. The van der Waals surface area contributed by atoms with Crippen LogP contribution in [0.25, 0.3) is 0 Å². The quantitative estimate of drug-likeness (QED) is 0.286. The van der Waals surface area contributed by atoms with Crippen LogP contribution in [0.5, 0.6) is 0 Å². The number of anilines is 1. The maximum absolute atomic E-state index is 13.2. The summed E-state index contributed by atoms with van der Waals surface area (Å²) >= 11 is 1.61. The van der Waals surface area contributed by atoms with Gasteiger partial charge in [0.2, 0.25) is 0 Å². The number of ether oxygens (including phenoxy) is 1. The maximum Gasteiger partial charge on any atom is 0.322 e. The van der Waals surface area contributed by atoms with Gasteiger partial charge in [0.1, 0.15) is 0 Å². The zero-order valence-corrected chi connectivity index (χ0v) is 21.5. The van der Waals surface area contributed by atoms with Crippen LogP contribution in [0.4, 0.5) is 10.5 Å². The molecular weight excluding hydrogens is 456 g/mol. The van der Waals surface area contributed by atoms with Gasteiger partial charge < -0.3 is 15.0 Å². The highest BCUT2D eigenvalue weighted by Gasteiger charge is 2.21. The summed E-state index contributed by atoms with van der Waals surface area (Å²) in [6, 6.07) is 25.8. The van der Waals surface area contributed by atoms with E-state index in [1.54, 1.807) is 18.7 Å². The Morgan fingerprint density at radius 1 is 0.943 bits per heavy atom. The van der Waals surface area contributed by atoms with Crippen LogP contribution in [0.15, 0.2) is 88.7 Å². The summed E-state index contributed by atoms with van der Waals surface area (Å²) in [4.78, 5) is 28.9. The molecule has 0 aliphatic heterocycles. The Hall–Kier alpha value is -3.25. The monoisotopic (exact) mass is 490 g/mol. The van der Waals surface area contributed by atoms with Crippen molar-refractivity contribution < 1.29 is 14.3 Å². The van der Waals surface area contributed by atoms with Crippen LogP contribution in [0.1, 0.15) is 50.8 Å². The van der Waals surface area contributed by atoms with Crippen molar-refractivity contribution in [2.45, 2.75) is 55.9 Å². The van der Waals surface area contributed by atoms with Crippen molar-refractivity contribution in [2.24, 2.45) is 0 Å². The first-order chi connectivity index (χ1) is 17.0. The zero-order chi connectivity index (χ0) is 25.0. The Bertz CT molecular complexity index is 1090. The summed E-state index contributed by atoms with van der Waals surface area (Å²) in [7, 11) is 0. The molecule has 0 aliphatic rings. The second-order valence-electron chi connectivity index (χ2n) is 8.32. The summed E-state index contributed by atoms with van der Waals surface area (Å²) < 4.78 is 5.01. The lowest BCUT2D eigenvalue weighted by atomic mass is 10.1. The number of hydrogen-bond donors (Lipinski definition) is 1. The second kappa shape index (κ2) is 13.6. The van der Waals surface area contributed by atoms with E-state index in [2.05, 4.69) is 31.3 Å². The molecule has 1 N–H and O–H groups in total. The number of unbranched alkanes of at least 4 members (excludes halogenated alkanes) is 1. The van der Waals surface area contributed by atoms with Crippen molar-refractivity contribution in [1.29, 1.82) is 0 Å².